The quantitative estimate of drug-likeness (QED) is 0.524. The van der Waals surface area contributed by atoms with Gasteiger partial charge in [0.15, 0.2) is 5.16 Å². The Kier molecular flexibility index (Phi) is 6.47. The van der Waals surface area contributed by atoms with Gasteiger partial charge in [0.05, 0.1) is 0 Å². The monoisotopic (exact) mass is 229 g/mol. The molecule has 1 unspecified atom stereocenters. The first-order valence-electron chi connectivity index (χ1n) is 5.18. The smallest absolute Gasteiger partial charge is 0.165 e. The second-order valence-corrected chi connectivity index (χ2v) is 4.80. The van der Waals surface area contributed by atoms with Crippen molar-refractivity contribution in [3.8, 4) is 0 Å². The van der Waals surface area contributed by atoms with Gasteiger partial charge >= 0.3 is 0 Å². The number of thioether (sulfide) groups is 1. The molecular weight excluding hydrogens is 210 g/mol. The van der Waals surface area contributed by atoms with E-state index in [0.717, 1.165) is 31.3 Å². The van der Waals surface area contributed by atoms with Gasteiger partial charge in [0.2, 0.25) is 0 Å². The van der Waals surface area contributed by atoms with Gasteiger partial charge in [-0.05, 0) is 13.0 Å². The summed E-state index contributed by atoms with van der Waals surface area (Å²) in [7, 11) is 1.73. The second-order valence-electron chi connectivity index (χ2n) is 3.37. The zero-order valence-corrected chi connectivity index (χ0v) is 10.1. The molecule has 5 heteroatoms. The highest BCUT2D eigenvalue weighted by molar-refractivity contribution is 7.99. The molecule has 0 aliphatic rings. The summed E-state index contributed by atoms with van der Waals surface area (Å²) >= 11 is 1.75. The lowest BCUT2D eigenvalue weighted by molar-refractivity contribution is 0.194. The van der Waals surface area contributed by atoms with E-state index in [1.165, 1.54) is 0 Å². The Balaban J connectivity index is 2.01. The van der Waals surface area contributed by atoms with Gasteiger partial charge in [0.1, 0.15) is 0 Å². The third kappa shape index (κ3) is 5.81. The van der Waals surface area contributed by atoms with Crippen LogP contribution in [-0.2, 0) is 4.74 Å². The largest absolute Gasteiger partial charge is 0.385 e. The van der Waals surface area contributed by atoms with Crippen molar-refractivity contribution in [2.24, 2.45) is 0 Å². The first kappa shape index (κ1) is 12.5. The molecule has 0 aromatic carbocycles. The van der Waals surface area contributed by atoms with Gasteiger partial charge in [-0.15, -0.1) is 0 Å². The average Bonchev–Trinajstić information content (AvgIpc) is 2.70. The Morgan fingerprint density at radius 3 is 3.20 bits per heavy atom. The van der Waals surface area contributed by atoms with Crippen molar-refractivity contribution in [3.05, 3.63) is 12.4 Å². The molecule has 15 heavy (non-hydrogen) atoms. The van der Waals surface area contributed by atoms with Crippen LogP contribution in [0, 0.1) is 0 Å². The summed E-state index contributed by atoms with van der Waals surface area (Å²) in [6.07, 6.45) is 4.69. The molecule has 86 valence electrons. The standard InChI is InChI=1S/C10H19N3OS/c1-9(8-11-4-3-7-14-2)15-10-12-5-6-13-10/h5-6,9,11H,3-4,7-8H2,1-2H3,(H,12,13). The fourth-order valence-corrected chi connectivity index (χ4v) is 2.03. The number of methoxy groups -OCH3 is 1. The lowest BCUT2D eigenvalue weighted by atomic mass is 10.4. The molecular formula is C10H19N3OS. The molecule has 1 aromatic rings. The minimum Gasteiger partial charge on any atom is -0.385 e. The fraction of sp³-hybridized carbons (Fsp3) is 0.700. The first-order valence-corrected chi connectivity index (χ1v) is 6.06. The lowest BCUT2D eigenvalue weighted by Crippen LogP contribution is -2.24. The SMILES string of the molecule is COCCCNCC(C)Sc1ncc[nH]1. The molecule has 0 saturated heterocycles. The van der Waals surface area contributed by atoms with E-state index in [0.29, 0.717) is 5.25 Å². The summed E-state index contributed by atoms with van der Waals surface area (Å²) in [5, 5.41) is 4.90. The number of H-pyrrole nitrogens is 1. The molecule has 0 aliphatic carbocycles. The number of imidazole rings is 1. The van der Waals surface area contributed by atoms with Crippen molar-refractivity contribution >= 4 is 11.8 Å². The number of aromatic nitrogens is 2. The summed E-state index contributed by atoms with van der Waals surface area (Å²) in [5.74, 6) is 0. The van der Waals surface area contributed by atoms with E-state index < -0.39 is 0 Å². The molecule has 0 spiro atoms. The maximum atomic E-state index is 4.97. The van der Waals surface area contributed by atoms with Crippen molar-refractivity contribution in [2.45, 2.75) is 23.8 Å². The summed E-state index contributed by atoms with van der Waals surface area (Å²) in [6.45, 7) is 5.02. The molecule has 0 saturated carbocycles. The summed E-state index contributed by atoms with van der Waals surface area (Å²) in [4.78, 5) is 7.26. The van der Waals surface area contributed by atoms with Crippen LogP contribution < -0.4 is 5.32 Å². The van der Waals surface area contributed by atoms with Gasteiger partial charge in [0.25, 0.3) is 0 Å². The number of hydrogen-bond acceptors (Lipinski definition) is 4. The number of rotatable bonds is 8. The van der Waals surface area contributed by atoms with Crippen LogP contribution in [-0.4, -0.2) is 42.0 Å². The molecule has 1 rings (SSSR count). The van der Waals surface area contributed by atoms with E-state index in [4.69, 9.17) is 4.74 Å². The van der Waals surface area contributed by atoms with Crippen LogP contribution in [0.15, 0.2) is 17.6 Å². The van der Waals surface area contributed by atoms with Crippen LogP contribution in [0.2, 0.25) is 0 Å². The van der Waals surface area contributed by atoms with Crippen LogP contribution in [0.3, 0.4) is 0 Å². The molecule has 0 aliphatic heterocycles. The molecule has 4 nitrogen and oxygen atoms in total. The average molecular weight is 229 g/mol. The Labute approximate surface area is 95.2 Å². The molecule has 0 fully saturated rings. The zero-order chi connectivity index (χ0) is 10.9. The third-order valence-electron chi connectivity index (χ3n) is 1.92. The van der Waals surface area contributed by atoms with Crippen molar-refractivity contribution in [2.75, 3.05) is 26.8 Å². The molecule has 0 bridgehead atoms. The summed E-state index contributed by atoms with van der Waals surface area (Å²) in [6, 6.07) is 0. The molecule has 0 amide bonds. The lowest BCUT2D eigenvalue weighted by Gasteiger charge is -2.10. The van der Waals surface area contributed by atoms with E-state index in [1.807, 2.05) is 6.20 Å². The predicted octanol–water partition coefficient (Wildman–Crippen LogP) is 1.52. The topological polar surface area (TPSA) is 49.9 Å². The van der Waals surface area contributed by atoms with Gasteiger partial charge < -0.3 is 15.0 Å². The molecule has 1 aromatic heterocycles. The Bertz CT molecular complexity index is 241. The minimum atomic E-state index is 0.527. The predicted molar refractivity (Wildman–Crippen MR) is 63.3 cm³/mol. The maximum Gasteiger partial charge on any atom is 0.165 e. The molecule has 2 N–H and O–H groups in total. The van der Waals surface area contributed by atoms with Gasteiger partial charge in [-0.2, -0.15) is 0 Å². The highest BCUT2D eigenvalue weighted by Crippen LogP contribution is 2.17. The van der Waals surface area contributed by atoms with E-state index in [-0.39, 0.29) is 0 Å². The molecule has 1 atom stereocenters. The van der Waals surface area contributed by atoms with Crippen molar-refractivity contribution in [3.63, 3.8) is 0 Å². The number of nitrogens with zero attached hydrogens (tertiary/aromatic N) is 1. The fourth-order valence-electron chi connectivity index (χ4n) is 1.19. The molecule has 1 heterocycles. The zero-order valence-electron chi connectivity index (χ0n) is 9.32. The Morgan fingerprint density at radius 2 is 2.53 bits per heavy atom. The van der Waals surface area contributed by atoms with Crippen LogP contribution in [0.1, 0.15) is 13.3 Å². The van der Waals surface area contributed by atoms with Crippen LogP contribution >= 0.6 is 11.8 Å². The number of hydrogen-bond donors (Lipinski definition) is 2. The maximum absolute atomic E-state index is 4.97. The third-order valence-corrected chi connectivity index (χ3v) is 2.94. The Morgan fingerprint density at radius 1 is 1.67 bits per heavy atom. The van der Waals surface area contributed by atoms with Crippen molar-refractivity contribution in [1.29, 1.82) is 0 Å². The van der Waals surface area contributed by atoms with Gasteiger partial charge in [-0.3, -0.25) is 0 Å². The minimum absolute atomic E-state index is 0.527. The highest BCUT2D eigenvalue weighted by Gasteiger charge is 2.04. The van der Waals surface area contributed by atoms with Gasteiger partial charge in [0, 0.05) is 37.9 Å². The van der Waals surface area contributed by atoms with Crippen LogP contribution in [0.5, 0.6) is 0 Å². The van der Waals surface area contributed by atoms with E-state index in [2.05, 4.69) is 22.2 Å². The molecule has 0 radical (unpaired) electrons. The van der Waals surface area contributed by atoms with Crippen LogP contribution in [0.25, 0.3) is 0 Å². The van der Waals surface area contributed by atoms with E-state index in [1.54, 1.807) is 25.1 Å². The highest BCUT2D eigenvalue weighted by atomic mass is 32.2. The van der Waals surface area contributed by atoms with Gasteiger partial charge in [-0.25, -0.2) is 4.98 Å². The normalized spacial score (nSPS) is 12.9. The van der Waals surface area contributed by atoms with Crippen LogP contribution in [0.4, 0.5) is 0 Å². The number of nitrogens with one attached hydrogen (secondary N) is 2. The van der Waals surface area contributed by atoms with Crippen molar-refractivity contribution in [1.82, 2.24) is 15.3 Å². The van der Waals surface area contributed by atoms with E-state index >= 15 is 0 Å². The number of ether oxygens (including phenoxy) is 1. The van der Waals surface area contributed by atoms with Gasteiger partial charge in [-0.1, -0.05) is 18.7 Å². The summed E-state index contributed by atoms with van der Waals surface area (Å²) in [5.41, 5.74) is 0. The van der Waals surface area contributed by atoms with E-state index in [9.17, 15) is 0 Å². The second kappa shape index (κ2) is 7.73. The van der Waals surface area contributed by atoms with Crippen molar-refractivity contribution < 1.29 is 4.74 Å². The first-order chi connectivity index (χ1) is 7.33. The summed E-state index contributed by atoms with van der Waals surface area (Å²) < 4.78 is 4.97. The number of aromatic amines is 1. The Hall–Kier alpha value is -0.520.